The second-order valence-corrected chi connectivity index (χ2v) is 8.03. The van der Waals surface area contributed by atoms with Crippen LogP contribution < -0.4 is 15.3 Å². The van der Waals surface area contributed by atoms with E-state index in [1.807, 2.05) is 4.68 Å². The van der Waals surface area contributed by atoms with E-state index in [1.54, 1.807) is 6.33 Å². The van der Waals surface area contributed by atoms with Gasteiger partial charge in [0.05, 0.1) is 0 Å². The highest BCUT2D eigenvalue weighted by molar-refractivity contribution is 7.80. The van der Waals surface area contributed by atoms with E-state index < -0.39 is 0 Å². The van der Waals surface area contributed by atoms with Crippen LogP contribution in [0, 0.1) is 0 Å². The van der Waals surface area contributed by atoms with Crippen LogP contribution in [0.2, 0.25) is 0 Å². The number of hydrogen-bond donors (Lipinski definition) is 4. The maximum absolute atomic E-state index is 5.33. The fraction of sp³-hybridized carbons (Fsp3) is 0.800. The van der Waals surface area contributed by atoms with Crippen molar-refractivity contribution >= 4 is 17.3 Å². The standard InChI is InChI=1S/C15H28N10S/c1-14(2,12-19-22-23-20-12)7-5-9-16-13(26)17-10-6-8-15(3,4)25-11-18-21-24-25/h11H,5-10H2,1-4H3,(H3,16,17,19,20,22,23,26)/p+1. The van der Waals surface area contributed by atoms with E-state index in [2.05, 4.69) is 74.5 Å². The molecule has 2 rings (SSSR count). The van der Waals surface area contributed by atoms with Crippen molar-refractivity contribution < 1.29 is 4.68 Å². The summed E-state index contributed by atoms with van der Waals surface area (Å²) in [5, 5.41) is 31.9. The van der Waals surface area contributed by atoms with E-state index in [9.17, 15) is 0 Å². The van der Waals surface area contributed by atoms with Crippen molar-refractivity contribution in [1.29, 1.82) is 0 Å². The highest BCUT2D eigenvalue weighted by Gasteiger charge is 2.25. The van der Waals surface area contributed by atoms with Crippen LogP contribution in [0.4, 0.5) is 0 Å². The van der Waals surface area contributed by atoms with Gasteiger partial charge in [0.1, 0.15) is 10.6 Å². The number of rotatable bonds is 10. The molecule has 2 aromatic rings. The Morgan fingerprint density at radius 3 is 2.38 bits per heavy atom. The van der Waals surface area contributed by atoms with Crippen LogP contribution in [0.3, 0.4) is 0 Å². The van der Waals surface area contributed by atoms with Gasteiger partial charge < -0.3 is 10.6 Å². The third kappa shape index (κ3) is 5.97. The molecule has 4 N–H and O–H groups in total. The van der Waals surface area contributed by atoms with Crippen LogP contribution in [-0.2, 0) is 11.0 Å². The third-order valence-electron chi connectivity index (χ3n) is 4.50. The molecular formula is C15H29N10S+. The minimum atomic E-state index is -0.103. The number of H-pyrrole nitrogens is 2. The molecule has 0 aliphatic heterocycles. The van der Waals surface area contributed by atoms with E-state index in [4.69, 9.17) is 12.2 Å². The molecule has 0 atom stereocenters. The maximum atomic E-state index is 5.33. The maximum Gasteiger partial charge on any atom is 0.288 e. The van der Waals surface area contributed by atoms with Crippen LogP contribution >= 0.6 is 12.2 Å². The summed E-state index contributed by atoms with van der Waals surface area (Å²) in [5.74, 6) is 0.742. The summed E-state index contributed by atoms with van der Waals surface area (Å²) >= 11 is 5.33. The van der Waals surface area contributed by atoms with Crippen molar-refractivity contribution in [2.75, 3.05) is 13.1 Å². The predicted molar refractivity (Wildman–Crippen MR) is 100 cm³/mol. The van der Waals surface area contributed by atoms with Crippen LogP contribution in [0.25, 0.3) is 0 Å². The Labute approximate surface area is 158 Å². The SMILES string of the molecule is CC(C)(CCCNC(=S)NCCCC(C)(C)[n+]1cnn[nH]1)c1nn[nH]n1. The van der Waals surface area contributed by atoms with E-state index in [1.165, 1.54) is 0 Å². The summed E-state index contributed by atoms with van der Waals surface area (Å²) in [4.78, 5) is 0. The molecule has 0 unspecified atom stereocenters. The molecule has 0 amide bonds. The van der Waals surface area contributed by atoms with Crippen LogP contribution in [-0.4, -0.2) is 54.4 Å². The zero-order valence-electron chi connectivity index (χ0n) is 15.9. The minimum absolute atomic E-state index is 0.0546. The molecule has 11 heteroatoms. The van der Waals surface area contributed by atoms with Crippen molar-refractivity contribution in [1.82, 2.24) is 46.8 Å². The average Bonchev–Trinajstić information content (AvgIpc) is 3.29. The first-order chi connectivity index (χ1) is 12.3. The summed E-state index contributed by atoms with van der Waals surface area (Å²) in [7, 11) is 0. The Bertz CT molecular complexity index is 594. The van der Waals surface area contributed by atoms with Gasteiger partial charge in [-0.3, -0.25) is 0 Å². The van der Waals surface area contributed by atoms with E-state index in [0.29, 0.717) is 5.11 Å². The van der Waals surface area contributed by atoms with Crippen molar-refractivity contribution in [2.45, 2.75) is 64.3 Å². The molecule has 0 aliphatic carbocycles. The van der Waals surface area contributed by atoms with Gasteiger partial charge in [0.15, 0.2) is 16.2 Å². The van der Waals surface area contributed by atoms with Crippen LogP contribution in [0.5, 0.6) is 0 Å². The van der Waals surface area contributed by atoms with Gasteiger partial charge in [-0.1, -0.05) is 24.3 Å². The predicted octanol–water partition coefficient (Wildman–Crippen LogP) is 0.343. The van der Waals surface area contributed by atoms with Gasteiger partial charge in [-0.15, -0.1) is 10.2 Å². The van der Waals surface area contributed by atoms with Gasteiger partial charge in [-0.25, -0.2) is 0 Å². The summed E-state index contributed by atoms with van der Waals surface area (Å²) < 4.78 is 1.91. The first-order valence-electron chi connectivity index (χ1n) is 8.85. The van der Waals surface area contributed by atoms with Crippen LogP contribution in [0.1, 0.15) is 59.2 Å². The van der Waals surface area contributed by atoms with Crippen molar-refractivity contribution in [3.05, 3.63) is 12.2 Å². The molecule has 0 bridgehead atoms. The van der Waals surface area contributed by atoms with Crippen molar-refractivity contribution in [3.63, 3.8) is 0 Å². The second-order valence-electron chi connectivity index (χ2n) is 7.62. The molecule has 10 nitrogen and oxygen atoms in total. The number of aromatic nitrogens is 8. The summed E-state index contributed by atoms with van der Waals surface area (Å²) in [5.41, 5.74) is -0.157. The van der Waals surface area contributed by atoms with E-state index in [0.717, 1.165) is 44.6 Å². The first-order valence-corrected chi connectivity index (χ1v) is 9.26. The Balaban J connectivity index is 1.57. The monoisotopic (exact) mass is 381 g/mol. The number of thiocarbonyl (C=S) groups is 1. The zero-order valence-corrected chi connectivity index (χ0v) is 16.7. The molecule has 0 spiro atoms. The molecule has 2 aromatic heterocycles. The van der Waals surface area contributed by atoms with Crippen molar-refractivity contribution in [2.24, 2.45) is 0 Å². The summed E-state index contributed by atoms with van der Waals surface area (Å²) in [6, 6.07) is 0. The van der Waals surface area contributed by atoms with Gasteiger partial charge in [-0.05, 0) is 51.7 Å². The molecule has 0 aliphatic rings. The van der Waals surface area contributed by atoms with Gasteiger partial charge in [0, 0.05) is 18.5 Å². The van der Waals surface area contributed by atoms with Crippen LogP contribution in [0.15, 0.2) is 6.33 Å². The molecule has 0 aromatic carbocycles. The molecule has 0 saturated heterocycles. The number of nitrogens with zero attached hydrogens (tertiary/aromatic N) is 6. The van der Waals surface area contributed by atoms with Gasteiger partial charge in [0.2, 0.25) is 0 Å². The normalized spacial score (nSPS) is 12.2. The molecule has 2 heterocycles. The number of tetrazole rings is 2. The Hall–Kier alpha value is -2.17. The zero-order chi connectivity index (χ0) is 19.0. The first kappa shape index (κ1) is 20.1. The largest absolute Gasteiger partial charge is 0.363 e. The number of aromatic amines is 2. The Morgan fingerprint density at radius 1 is 1.12 bits per heavy atom. The van der Waals surface area contributed by atoms with E-state index in [-0.39, 0.29) is 11.0 Å². The molecule has 0 radical (unpaired) electrons. The van der Waals surface area contributed by atoms with Gasteiger partial charge in [0.25, 0.3) is 6.33 Å². The van der Waals surface area contributed by atoms with Gasteiger partial charge in [-0.2, -0.15) is 9.90 Å². The lowest BCUT2D eigenvalue weighted by Crippen LogP contribution is -2.53. The lowest BCUT2D eigenvalue weighted by atomic mass is 9.87. The lowest BCUT2D eigenvalue weighted by Gasteiger charge is -2.21. The smallest absolute Gasteiger partial charge is 0.288 e. The quantitative estimate of drug-likeness (QED) is 0.264. The number of nitrogens with one attached hydrogen (secondary N) is 4. The van der Waals surface area contributed by atoms with Gasteiger partial charge >= 0.3 is 0 Å². The molecular weight excluding hydrogens is 352 g/mol. The fourth-order valence-electron chi connectivity index (χ4n) is 2.67. The van der Waals surface area contributed by atoms with E-state index >= 15 is 0 Å². The highest BCUT2D eigenvalue weighted by atomic mass is 32.1. The summed E-state index contributed by atoms with van der Waals surface area (Å²) in [6.07, 6.45) is 5.60. The fourth-order valence-corrected chi connectivity index (χ4v) is 2.87. The molecule has 0 saturated carbocycles. The van der Waals surface area contributed by atoms with Crippen molar-refractivity contribution in [3.8, 4) is 0 Å². The Kier molecular flexibility index (Phi) is 6.95. The average molecular weight is 382 g/mol. The molecule has 0 fully saturated rings. The Morgan fingerprint density at radius 2 is 1.81 bits per heavy atom. The third-order valence-corrected chi connectivity index (χ3v) is 4.78. The highest BCUT2D eigenvalue weighted by Crippen LogP contribution is 2.23. The second kappa shape index (κ2) is 8.97. The lowest BCUT2D eigenvalue weighted by molar-refractivity contribution is -0.810. The molecule has 144 valence electrons. The molecule has 26 heavy (non-hydrogen) atoms. The summed E-state index contributed by atoms with van der Waals surface area (Å²) in [6.45, 7) is 10.2. The topological polar surface area (TPSA) is 124 Å². The number of hydrogen-bond acceptors (Lipinski definition) is 6. The minimum Gasteiger partial charge on any atom is -0.363 e.